The van der Waals surface area contributed by atoms with Crippen LogP contribution in [-0.2, 0) is 11.3 Å². The van der Waals surface area contributed by atoms with Gasteiger partial charge in [-0.05, 0) is 32.9 Å². The van der Waals surface area contributed by atoms with Crippen LogP contribution in [0, 0.1) is 11.8 Å². The third-order valence-electron chi connectivity index (χ3n) is 7.24. The number of hydrogen-bond acceptors (Lipinski definition) is 8. The summed E-state index contributed by atoms with van der Waals surface area (Å²) in [4.78, 5) is 40.4. The first-order valence-electron chi connectivity index (χ1n) is 13.4. The number of benzene rings is 1. The molecule has 12 heteroatoms. The quantitative estimate of drug-likeness (QED) is 0.307. The van der Waals surface area contributed by atoms with Crippen LogP contribution in [0.3, 0.4) is 0 Å². The molecule has 1 aromatic carbocycles. The lowest BCUT2D eigenvalue weighted by atomic mass is 10.0. The molecular formula is C30H32N8O4. The lowest BCUT2D eigenvalue weighted by molar-refractivity contribution is -0.137. The van der Waals surface area contributed by atoms with Gasteiger partial charge in [-0.1, -0.05) is 24.0 Å². The van der Waals surface area contributed by atoms with E-state index in [9.17, 15) is 19.8 Å². The number of pyridine rings is 1. The Morgan fingerprint density at radius 2 is 1.98 bits per heavy atom. The van der Waals surface area contributed by atoms with Crippen LogP contribution in [0.25, 0.3) is 33.4 Å². The molecule has 12 nitrogen and oxygen atoms in total. The molecule has 0 bridgehead atoms. The number of aliphatic hydroxyl groups is 1. The van der Waals surface area contributed by atoms with E-state index in [-0.39, 0.29) is 18.8 Å². The molecule has 4 N–H and O–H groups in total. The highest BCUT2D eigenvalue weighted by molar-refractivity contribution is 5.98. The molecule has 0 aliphatic carbocycles. The van der Waals surface area contributed by atoms with Crippen molar-refractivity contribution in [3.63, 3.8) is 0 Å². The van der Waals surface area contributed by atoms with Crippen LogP contribution < -0.4 is 5.73 Å². The van der Waals surface area contributed by atoms with Gasteiger partial charge in [0.1, 0.15) is 11.3 Å². The van der Waals surface area contributed by atoms with Crippen molar-refractivity contribution in [3.8, 4) is 34.4 Å². The number of nitrogens with two attached hydrogens (primary N) is 1. The van der Waals surface area contributed by atoms with Crippen molar-refractivity contribution in [2.45, 2.75) is 44.9 Å². The SMILES string of the molecule is CN1CC[C@@](O)(C#Cc2cccc(-c3ncc4c(-c5cnn(CCN(C(=O)O)C(C)(C)C)c5)cnc(N)c4n3)c2)C1=O. The fourth-order valence-corrected chi connectivity index (χ4v) is 4.83. The fraction of sp³-hybridized carbons (Fsp3) is 0.333. The maximum absolute atomic E-state index is 12.3. The number of nitrogen functional groups attached to an aromatic ring is 1. The highest BCUT2D eigenvalue weighted by Gasteiger charge is 2.42. The normalized spacial score (nSPS) is 16.9. The maximum Gasteiger partial charge on any atom is 0.407 e. The number of likely N-dealkylation sites (N-methyl/N-ethyl adjacent to an activating group) is 1. The Bertz CT molecular complexity index is 1750. The molecule has 1 aliphatic heterocycles. The monoisotopic (exact) mass is 568 g/mol. The summed E-state index contributed by atoms with van der Waals surface area (Å²) in [5, 5.41) is 25.3. The first kappa shape index (κ1) is 28.5. The number of fused-ring (bicyclic) bond motifs is 1. The Morgan fingerprint density at radius 1 is 1.19 bits per heavy atom. The summed E-state index contributed by atoms with van der Waals surface area (Å²) in [6.45, 7) is 6.66. The van der Waals surface area contributed by atoms with E-state index >= 15 is 0 Å². The molecule has 0 unspecified atom stereocenters. The minimum atomic E-state index is -1.68. The van der Waals surface area contributed by atoms with Gasteiger partial charge in [-0.2, -0.15) is 5.10 Å². The average Bonchev–Trinajstić information content (AvgIpc) is 3.52. The van der Waals surface area contributed by atoms with Crippen LogP contribution in [0.5, 0.6) is 0 Å². The van der Waals surface area contributed by atoms with Gasteiger partial charge in [-0.3, -0.25) is 9.48 Å². The highest BCUT2D eigenvalue weighted by Crippen LogP contribution is 2.30. The van der Waals surface area contributed by atoms with Gasteiger partial charge in [-0.15, -0.1) is 0 Å². The molecule has 4 aromatic rings. The van der Waals surface area contributed by atoms with Crippen LogP contribution in [0.1, 0.15) is 32.8 Å². The molecule has 0 spiro atoms. The van der Waals surface area contributed by atoms with Crippen LogP contribution in [0.4, 0.5) is 10.6 Å². The minimum Gasteiger partial charge on any atom is -0.465 e. The zero-order chi connectivity index (χ0) is 30.2. The molecule has 1 atom stereocenters. The fourth-order valence-electron chi connectivity index (χ4n) is 4.83. The summed E-state index contributed by atoms with van der Waals surface area (Å²) in [6, 6.07) is 7.21. The maximum atomic E-state index is 12.3. The van der Waals surface area contributed by atoms with E-state index in [1.807, 2.05) is 33.0 Å². The molecule has 4 heterocycles. The lowest BCUT2D eigenvalue weighted by Gasteiger charge is -2.33. The summed E-state index contributed by atoms with van der Waals surface area (Å²) in [6.07, 6.45) is 6.11. The van der Waals surface area contributed by atoms with E-state index in [0.29, 0.717) is 40.9 Å². The molecule has 5 rings (SSSR count). The summed E-state index contributed by atoms with van der Waals surface area (Å²) < 4.78 is 1.69. The van der Waals surface area contributed by atoms with Crippen molar-refractivity contribution >= 4 is 28.7 Å². The van der Waals surface area contributed by atoms with Crippen molar-refractivity contribution in [1.82, 2.24) is 34.5 Å². The second kappa shape index (κ2) is 10.8. The number of anilines is 1. The molecule has 0 radical (unpaired) electrons. The molecule has 2 amide bonds. The Labute approximate surface area is 242 Å². The first-order valence-corrected chi connectivity index (χ1v) is 13.4. The third kappa shape index (κ3) is 5.59. The molecule has 1 saturated heterocycles. The predicted octanol–water partition coefficient (Wildman–Crippen LogP) is 2.86. The number of aromatic nitrogens is 5. The Kier molecular flexibility index (Phi) is 7.30. The van der Waals surface area contributed by atoms with Gasteiger partial charge in [0.25, 0.3) is 5.91 Å². The number of nitrogens with zero attached hydrogens (tertiary/aromatic N) is 7. The topological polar surface area (TPSA) is 164 Å². The van der Waals surface area contributed by atoms with Crippen LogP contribution in [0.15, 0.2) is 49.1 Å². The molecule has 216 valence electrons. The van der Waals surface area contributed by atoms with E-state index in [1.54, 1.807) is 48.5 Å². The van der Waals surface area contributed by atoms with Crippen molar-refractivity contribution < 1.29 is 19.8 Å². The number of hydrogen-bond donors (Lipinski definition) is 3. The smallest absolute Gasteiger partial charge is 0.407 e. The van der Waals surface area contributed by atoms with Gasteiger partial charge in [0.15, 0.2) is 5.82 Å². The number of carbonyl (C=O) groups is 2. The third-order valence-corrected chi connectivity index (χ3v) is 7.24. The van der Waals surface area contributed by atoms with Crippen molar-refractivity contribution in [2.24, 2.45) is 0 Å². The minimum absolute atomic E-state index is 0.245. The standard InChI is InChI=1S/C30H32N8O4/c1-29(2,3)38(28(40)41)13-12-37-18-21(15-34-37)22-16-32-25(31)24-23(22)17-33-26(35-24)20-7-5-6-19(14-20)8-9-30(42)10-11-36(4)27(30)39/h5-7,14-18,42H,10-13H2,1-4H3,(H2,31,32)(H,40,41)/t30-/m0/s1. The molecule has 42 heavy (non-hydrogen) atoms. The Balaban J connectivity index is 1.41. The lowest BCUT2D eigenvalue weighted by Crippen LogP contribution is -2.46. The highest BCUT2D eigenvalue weighted by atomic mass is 16.4. The number of carbonyl (C=O) groups excluding carboxylic acids is 1. The number of amides is 2. The Hall–Kier alpha value is -5.02. The van der Waals surface area contributed by atoms with Gasteiger partial charge in [0, 0.05) is 78.3 Å². The summed E-state index contributed by atoms with van der Waals surface area (Å²) >= 11 is 0. The van der Waals surface area contributed by atoms with E-state index in [0.717, 1.165) is 11.1 Å². The van der Waals surface area contributed by atoms with E-state index in [1.165, 1.54) is 9.80 Å². The molecular weight excluding hydrogens is 536 g/mol. The van der Waals surface area contributed by atoms with Crippen molar-refractivity contribution in [3.05, 3.63) is 54.6 Å². The predicted molar refractivity (Wildman–Crippen MR) is 157 cm³/mol. The van der Waals surface area contributed by atoms with Gasteiger partial charge >= 0.3 is 6.09 Å². The average molecular weight is 569 g/mol. The second-order valence-electron chi connectivity index (χ2n) is 11.3. The van der Waals surface area contributed by atoms with Gasteiger partial charge in [0.05, 0.1) is 12.7 Å². The first-order chi connectivity index (χ1) is 19.9. The van der Waals surface area contributed by atoms with E-state index in [4.69, 9.17) is 10.7 Å². The van der Waals surface area contributed by atoms with Crippen molar-refractivity contribution in [2.75, 3.05) is 25.9 Å². The molecule has 1 fully saturated rings. The van der Waals surface area contributed by atoms with Crippen LogP contribution >= 0.6 is 0 Å². The molecule has 3 aromatic heterocycles. The van der Waals surface area contributed by atoms with Gasteiger partial charge in [-0.25, -0.2) is 19.7 Å². The van der Waals surface area contributed by atoms with Gasteiger partial charge in [0.2, 0.25) is 5.60 Å². The second-order valence-corrected chi connectivity index (χ2v) is 11.3. The summed E-state index contributed by atoms with van der Waals surface area (Å²) in [5.41, 5.74) is 7.27. The zero-order valence-corrected chi connectivity index (χ0v) is 23.9. The van der Waals surface area contributed by atoms with Crippen molar-refractivity contribution in [1.29, 1.82) is 0 Å². The van der Waals surface area contributed by atoms with E-state index in [2.05, 4.69) is 26.9 Å². The number of carboxylic acid groups (broad SMARTS) is 1. The van der Waals surface area contributed by atoms with Crippen LogP contribution in [-0.4, -0.2) is 88.0 Å². The summed E-state index contributed by atoms with van der Waals surface area (Å²) in [5.74, 6) is 5.91. The van der Waals surface area contributed by atoms with Crippen LogP contribution in [0.2, 0.25) is 0 Å². The Morgan fingerprint density at radius 3 is 2.67 bits per heavy atom. The number of likely N-dealkylation sites (tertiary alicyclic amines) is 1. The molecule has 0 saturated carbocycles. The zero-order valence-electron chi connectivity index (χ0n) is 23.9. The number of rotatable bonds is 5. The largest absolute Gasteiger partial charge is 0.465 e. The van der Waals surface area contributed by atoms with E-state index < -0.39 is 23.1 Å². The van der Waals surface area contributed by atoms with Gasteiger partial charge < -0.3 is 25.7 Å². The molecule has 1 aliphatic rings. The summed E-state index contributed by atoms with van der Waals surface area (Å²) in [7, 11) is 1.64.